The van der Waals surface area contributed by atoms with Crippen molar-refractivity contribution in [3.05, 3.63) is 84.4 Å². The molecule has 174 valence electrons. The van der Waals surface area contributed by atoms with Crippen molar-refractivity contribution in [2.24, 2.45) is 0 Å². The minimum absolute atomic E-state index is 0.0535. The maximum Gasteiger partial charge on any atom is 0.183 e. The Labute approximate surface area is 202 Å². The van der Waals surface area contributed by atoms with Crippen molar-refractivity contribution < 1.29 is 9.53 Å². The Balaban J connectivity index is 0.000000299. The number of aromatic nitrogens is 3. The number of carbonyl (C=O) groups is 1. The van der Waals surface area contributed by atoms with Gasteiger partial charge in [0.25, 0.3) is 0 Å². The van der Waals surface area contributed by atoms with E-state index in [1.165, 1.54) is 0 Å². The lowest BCUT2D eigenvalue weighted by Gasteiger charge is -2.06. The van der Waals surface area contributed by atoms with E-state index in [0.717, 1.165) is 46.7 Å². The van der Waals surface area contributed by atoms with Gasteiger partial charge in [-0.15, -0.1) is 12.6 Å². The molecule has 2 aromatic heterocycles. The van der Waals surface area contributed by atoms with Gasteiger partial charge in [-0.1, -0.05) is 50.8 Å². The van der Waals surface area contributed by atoms with Crippen molar-refractivity contribution >= 4 is 24.1 Å². The molecule has 0 amide bonds. The van der Waals surface area contributed by atoms with Crippen LogP contribution in [0.5, 0.6) is 0 Å². The SMILES string of the molecule is C=C(C)/C=C\C(=C)OCCC.CCCC(=O)c1cc2nccc(-c3ccc(C)c(S)c3)n2n1. The summed E-state index contributed by atoms with van der Waals surface area (Å²) in [6.07, 6.45) is 7.78. The second kappa shape index (κ2) is 12.8. The van der Waals surface area contributed by atoms with Crippen LogP contribution in [0.4, 0.5) is 0 Å². The number of ketones is 1. The van der Waals surface area contributed by atoms with Gasteiger partial charge >= 0.3 is 0 Å². The molecule has 0 spiro atoms. The number of fused-ring (bicyclic) bond motifs is 1. The normalized spacial score (nSPS) is 10.7. The predicted molar refractivity (Wildman–Crippen MR) is 139 cm³/mol. The van der Waals surface area contributed by atoms with Gasteiger partial charge in [0.15, 0.2) is 11.4 Å². The molecule has 6 heteroatoms. The van der Waals surface area contributed by atoms with E-state index in [4.69, 9.17) is 4.74 Å². The smallest absolute Gasteiger partial charge is 0.183 e. The Hall–Kier alpha value is -3.12. The van der Waals surface area contributed by atoms with Crippen LogP contribution < -0.4 is 0 Å². The molecule has 2 heterocycles. The Morgan fingerprint density at radius 3 is 2.55 bits per heavy atom. The number of allylic oxidation sites excluding steroid dienone is 3. The Morgan fingerprint density at radius 1 is 1.15 bits per heavy atom. The summed E-state index contributed by atoms with van der Waals surface area (Å²) in [7, 11) is 0. The van der Waals surface area contributed by atoms with Crippen LogP contribution >= 0.6 is 12.6 Å². The fraction of sp³-hybridized carbons (Fsp3) is 0.296. The van der Waals surface area contributed by atoms with Gasteiger partial charge in [-0.25, -0.2) is 9.50 Å². The second-order valence-electron chi connectivity index (χ2n) is 7.80. The van der Waals surface area contributed by atoms with Crippen molar-refractivity contribution in [1.82, 2.24) is 14.6 Å². The minimum atomic E-state index is 0.0535. The molecule has 0 aliphatic heterocycles. The predicted octanol–water partition coefficient (Wildman–Crippen LogP) is 7.04. The molecule has 0 aliphatic carbocycles. The highest BCUT2D eigenvalue weighted by molar-refractivity contribution is 7.80. The first-order valence-corrected chi connectivity index (χ1v) is 11.5. The van der Waals surface area contributed by atoms with Crippen LogP contribution in [0.1, 0.15) is 56.1 Å². The van der Waals surface area contributed by atoms with Gasteiger partial charge < -0.3 is 4.74 Å². The number of nitrogens with zero attached hydrogens (tertiary/aromatic N) is 3. The highest BCUT2D eigenvalue weighted by atomic mass is 32.1. The maximum absolute atomic E-state index is 12.0. The van der Waals surface area contributed by atoms with E-state index in [2.05, 4.69) is 42.8 Å². The van der Waals surface area contributed by atoms with Crippen LogP contribution in [0.3, 0.4) is 0 Å². The molecule has 3 aromatic rings. The summed E-state index contributed by atoms with van der Waals surface area (Å²) in [6, 6.07) is 9.70. The molecule has 0 bridgehead atoms. The van der Waals surface area contributed by atoms with Crippen LogP contribution in [0.25, 0.3) is 16.9 Å². The molecule has 0 fully saturated rings. The number of Topliss-reactive ketones (excluding diaryl/α,β-unsaturated/α-hetero) is 1. The topological polar surface area (TPSA) is 56.5 Å². The summed E-state index contributed by atoms with van der Waals surface area (Å²) >= 11 is 4.48. The third kappa shape index (κ3) is 7.75. The van der Waals surface area contributed by atoms with Gasteiger partial charge in [-0.05, 0) is 50.5 Å². The van der Waals surface area contributed by atoms with Crippen LogP contribution in [0.15, 0.2) is 78.1 Å². The highest BCUT2D eigenvalue weighted by Crippen LogP contribution is 2.25. The molecule has 0 saturated carbocycles. The lowest BCUT2D eigenvalue weighted by molar-refractivity contribution is 0.0976. The van der Waals surface area contributed by atoms with Gasteiger partial charge in [0.2, 0.25) is 0 Å². The summed E-state index contributed by atoms with van der Waals surface area (Å²) < 4.78 is 6.94. The highest BCUT2D eigenvalue weighted by Gasteiger charge is 2.13. The average molecular weight is 464 g/mol. The zero-order chi connectivity index (χ0) is 24.4. The lowest BCUT2D eigenvalue weighted by Crippen LogP contribution is -2.01. The Bertz CT molecular complexity index is 1160. The summed E-state index contributed by atoms with van der Waals surface area (Å²) in [5.74, 6) is 0.757. The first kappa shape index (κ1) is 26.1. The molecule has 33 heavy (non-hydrogen) atoms. The van der Waals surface area contributed by atoms with Gasteiger partial charge in [0, 0.05) is 29.1 Å². The number of carbonyl (C=O) groups excluding carboxylic acids is 1. The van der Waals surface area contributed by atoms with Gasteiger partial charge in [0.1, 0.15) is 11.5 Å². The van der Waals surface area contributed by atoms with E-state index in [9.17, 15) is 4.79 Å². The van der Waals surface area contributed by atoms with Crippen molar-refractivity contribution in [2.75, 3.05) is 6.61 Å². The van der Waals surface area contributed by atoms with Crippen molar-refractivity contribution in [2.45, 2.75) is 51.9 Å². The van der Waals surface area contributed by atoms with Crippen molar-refractivity contribution in [3.8, 4) is 11.3 Å². The quantitative estimate of drug-likeness (QED) is 0.160. The second-order valence-corrected chi connectivity index (χ2v) is 8.28. The monoisotopic (exact) mass is 463 g/mol. The number of aryl methyl sites for hydroxylation is 1. The summed E-state index contributed by atoms with van der Waals surface area (Å²) in [5, 5.41) is 4.44. The third-order valence-corrected chi connectivity index (χ3v) is 5.15. The minimum Gasteiger partial charge on any atom is -0.494 e. The van der Waals surface area contributed by atoms with E-state index < -0.39 is 0 Å². The van der Waals surface area contributed by atoms with Crippen LogP contribution in [-0.4, -0.2) is 27.0 Å². The lowest BCUT2D eigenvalue weighted by atomic mass is 10.1. The summed E-state index contributed by atoms with van der Waals surface area (Å²) in [6.45, 7) is 16.2. The van der Waals surface area contributed by atoms with Crippen LogP contribution in [0, 0.1) is 6.92 Å². The third-order valence-electron chi connectivity index (χ3n) is 4.67. The van der Waals surface area contributed by atoms with E-state index in [1.807, 2.05) is 57.2 Å². The van der Waals surface area contributed by atoms with E-state index in [0.29, 0.717) is 23.5 Å². The zero-order valence-electron chi connectivity index (χ0n) is 20.0. The van der Waals surface area contributed by atoms with E-state index >= 15 is 0 Å². The molecule has 0 N–H and O–H groups in total. The van der Waals surface area contributed by atoms with Crippen molar-refractivity contribution in [3.63, 3.8) is 0 Å². The summed E-state index contributed by atoms with van der Waals surface area (Å²) in [4.78, 5) is 17.3. The summed E-state index contributed by atoms with van der Waals surface area (Å²) in [5.41, 5.74) is 5.18. The molecule has 1 aromatic carbocycles. The van der Waals surface area contributed by atoms with Gasteiger partial charge in [0.05, 0.1) is 12.3 Å². The number of hydrogen-bond donors (Lipinski definition) is 1. The number of hydrogen-bond acceptors (Lipinski definition) is 5. The van der Waals surface area contributed by atoms with Gasteiger partial charge in [-0.2, -0.15) is 5.10 Å². The molecule has 5 nitrogen and oxygen atoms in total. The number of thiol groups is 1. The average Bonchev–Trinajstić information content (AvgIpc) is 3.23. The van der Waals surface area contributed by atoms with Crippen LogP contribution in [0.2, 0.25) is 0 Å². The molecule has 0 atom stereocenters. The first-order valence-electron chi connectivity index (χ1n) is 11.1. The first-order chi connectivity index (χ1) is 15.8. The molecule has 0 aliphatic rings. The standard InChI is InChI=1S/C17H17N3OS.C10H16O/c1-3-4-15(21)13-10-17-18-8-7-14(20(17)19-13)12-6-5-11(2)16(22)9-12;1-5-8-11-10(4)7-6-9(2)3/h5-10,22H,3-4H2,1-2H3;6-7H,2,4-5,8H2,1,3H3/b;7-6-. The molecule has 3 rings (SSSR count). The zero-order valence-corrected chi connectivity index (χ0v) is 20.9. The Morgan fingerprint density at radius 2 is 1.91 bits per heavy atom. The fourth-order valence-electron chi connectivity index (χ4n) is 2.89. The number of benzene rings is 1. The molecular weight excluding hydrogens is 430 g/mol. The number of rotatable bonds is 9. The van der Waals surface area contributed by atoms with E-state index in [-0.39, 0.29) is 5.78 Å². The molecule has 0 saturated heterocycles. The Kier molecular flexibility index (Phi) is 10.1. The maximum atomic E-state index is 12.0. The fourth-order valence-corrected chi connectivity index (χ4v) is 3.10. The largest absolute Gasteiger partial charge is 0.494 e. The molecule has 0 radical (unpaired) electrons. The van der Waals surface area contributed by atoms with Crippen LogP contribution in [-0.2, 0) is 4.74 Å². The van der Waals surface area contributed by atoms with Crippen molar-refractivity contribution in [1.29, 1.82) is 0 Å². The molecule has 0 unspecified atom stereocenters. The van der Waals surface area contributed by atoms with Gasteiger partial charge in [-0.3, -0.25) is 4.79 Å². The van der Waals surface area contributed by atoms with E-state index in [1.54, 1.807) is 16.8 Å². The molecular formula is C27H33N3O2S. The number of ether oxygens (including phenoxy) is 1.